The molecule has 0 N–H and O–H groups in total. The Labute approximate surface area is 133 Å². The first-order chi connectivity index (χ1) is 10.1. The van der Waals surface area contributed by atoms with E-state index in [2.05, 4.69) is 52.6 Å². The summed E-state index contributed by atoms with van der Waals surface area (Å²) in [6.07, 6.45) is 3.88. The van der Waals surface area contributed by atoms with Crippen molar-refractivity contribution >= 4 is 17.2 Å². The second kappa shape index (κ2) is 5.68. The molecular formula is C20H25NO. The molecule has 0 saturated carbocycles. The molecule has 2 rings (SSSR count). The zero-order valence-corrected chi connectivity index (χ0v) is 14.4. The van der Waals surface area contributed by atoms with E-state index in [-0.39, 0.29) is 16.6 Å². The molecule has 0 fully saturated rings. The van der Waals surface area contributed by atoms with Crippen LogP contribution in [0.2, 0.25) is 0 Å². The molecule has 0 heterocycles. The van der Waals surface area contributed by atoms with Gasteiger partial charge in [-0.25, -0.2) is 4.99 Å². The second-order valence-electron chi connectivity index (χ2n) is 7.82. The van der Waals surface area contributed by atoms with Gasteiger partial charge in [-0.2, -0.15) is 0 Å². The van der Waals surface area contributed by atoms with Gasteiger partial charge in [0.25, 0.3) is 0 Å². The van der Waals surface area contributed by atoms with E-state index < -0.39 is 0 Å². The van der Waals surface area contributed by atoms with E-state index in [1.54, 1.807) is 6.08 Å². The van der Waals surface area contributed by atoms with Crippen molar-refractivity contribution in [2.45, 2.75) is 41.5 Å². The molecule has 0 unspecified atom stereocenters. The van der Waals surface area contributed by atoms with Gasteiger partial charge in [-0.15, -0.1) is 0 Å². The van der Waals surface area contributed by atoms with Gasteiger partial charge in [-0.05, 0) is 40.2 Å². The molecule has 0 aliphatic heterocycles. The summed E-state index contributed by atoms with van der Waals surface area (Å²) in [7, 11) is 0. The third kappa shape index (κ3) is 3.62. The quantitative estimate of drug-likeness (QED) is 0.647. The Morgan fingerprint density at radius 2 is 1.41 bits per heavy atom. The molecule has 116 valence electrons. The van der Waals surface area contributed by atoms with E-state index in [0.29, 0.717) is 5.71 Å². The minimum Gasteiger partial charge on any atom is -0.288 e. The number of aliphatic imine (C=N–C) groups is 1. The number of hydrogen-bond acceptors (Lipinski definition) is 2. The summed E-state index contributed by atoms with van der Waals surface area (Å²) in [5.74, 6) is 0.00111. The lowest BCUT2D eigenvalue weighted by molar-refractivity contribution is -0.109. The minimum atomic E-state index is -0.131. The van der Waals surface area contributed by atoms with E-state index >= 15 is 0 Å². The van der Waals surface area contributed by atoms with Crippen LogP contribution in [0.1, 0.15) is 41.5 Å². The number of ketones is 1. The van der Waals surface area contributed by atoms with Crippen LogP contribution < -0.4 is 0 Å². The fraction of sp³-hybridized carbons (Fsp3) is 0.400. The number of allylic oxidation sites excluding steroid dienone is 4. The number of carbonyl (C=O) groups is 1. The van der Waals surface area contributed by atoms with Crippen molar-refractivity contribution in [1.82, 2.24) is 0 Å². The molecule has 0 aromatic heterocycles. The normalized spacial score (nSPS) is 18.3. The molecule has 1 aromatic carbocycles. The molecule has 0 saturated heterocycles. The maximum Gasteiger partial charge on any atom is 0.204 e. The van der Waals surface area contributed by atoms with Crippen molar-refractivity contribution in [3.63, 3.8) is 0 Å². The van der Waals surface area contributed by atoms with Crippen LogP contribution in [0.25, 0.3) is 0 Å². The van der Waals surface area contributed by atoms with Crippen LogP contribution in [0.5, 0.6) is 0 Å². The number of carbonyl (C=O) groups excluding carboxylic acids is 1. The third-order valence-electron chi connectivity index (χ3n) is 3.75. The van der Waals surface area contributed by atoms with Crippen molar-refractivity contribution in [1.29, 1.82) is 0 Å². The molecule has 2 nitrogen and oxygen atoms in total. The average molecular weight is 295 g/mol. The molecule has 1 aliphatic rings. The standard InChI is InChI=1S/C20H25NO/c1-19(2,3)14-12-16(20(4,5)6)18(17(22)13-14)21-15-10-8-7-9-11-15/h7-13H,1-6H3. The van der Waals surface area contributed by atoms with Crippen LogP contribution in [0, 0.1) is 10.8 Å². The van der Waals surface area contributed by atoms with E-state index in [1.807, 2.05) is 30.3 Å². The Morgan fingerprint density at radius 3 is 1.91 bits per heavy atom. The number of rotatable bonds is 1. The highest BCUT2D eigenvalue weighted by Gasteiger charge is 2.31. The molecule has 0 bridgehead atoms. The molecule has 0 radical (unpaired) electrons. The van der Waals surface area contributed by atoms with Crippen LogP contribution in [-0.4, -0.2) is 11.5 Å². The molecule has 1 aromatic rings. The zero-order chi connectivity index (χ0) is 16.5. The lowest BCUT2D eigenvalue weighted by Gasteiger charge is -2.30. The molecule has 0 atom stereocenters. The number of hydrogen-bond donors (Lipinski definition) is 0. The topological polar surface area (TPSA) is 29.4 Å². The smallest absolute Gasteiger partial charge is 0.204 e. The monoisotopic (exact) mass is 295 g/mol. The van der Waals surface area contributed by atoms with E-state index in [4.69, 9.17) is 0 Å². The van der Waals surface area contributed by atoms with E-state index in [0.717, 1.165) is 16.8 Å². The van der Waals surface area contributed by atoms with Gasteiger partial charge in [0, 0.05) is 0 Å². The maximum atomic E-state index is 12.7. The van der Waals surface area contributed by atoms with Gasteiger partial charge >= 0.3 is 0 Å². The van der Waals surface area contributed by atoms with Crippen molar-refractivity contribution < 1.29 is 4.79 Å². The number of para-hydroxylation sites is 1. The maximum absolute atomic E-state index is 12.7. The summed E-state index contributed by atoms with van der Waals surface area (Å²) < 4.78 is 0. The molecule has 22 heavy (non-hydrogen) atoms. The van der Waals surface area contributed by atoms with Crippen LogP contribution in [0.3, 0.4) is 0 Å². The summed E-state index contributed by atoms with van der Waals surface area (Å²) in [6, 6.07) is 9.66. The third-order valence-corrected chi connectivity index (χ3v) is 3.75. The van der Waals surface area contributed by atoms with Gasteiger partial charge in [-0.3, -0.25) is 4.79 Å². The van der Waals surface area contributed by atoms with Crippen molar-refractivity contribution in [2.24, 2.45) is 15.8 Å². The fourth-order valence-corrected chi connectivity index (χ4v) is 2.36. The summed E-state index contributed by atoms with van der Waals surface area (Å²) in [5, 5.41) is 0. The summed E-state index contributed by atoms with van der Waals surface area (Å²) >= 11 is 0. The van der Waals surface area contributed by atoms with Gasteiger partial charge in [0.1, 0.15) is 5.71 Å². The number of nitrogens with zero attached hydrogens (tertiary/aromatic N) is 1. The van der Waals surface area contributed by atoms with Gasteiger partial charge in [0.15, 0.2) is 0 Å². The van der Waals surface area contributed by atoms with Gasteiger partial charge in [-0.1, -0.05) is 65.8 Å². The summed E-state index contributed by atoms with van der Waals surface area (Å²) in [4.78, 5) is 17.3. The zero-order valence-electron chi connectivity index (χ0n) is 14.4. The predicted molar refractivity (Wildman–Crippen MR) is 93.6 cm³/mol. The lowest BCUT2D eigenvalue weighted by atomic mass is 9.74. The Bertz CT molecular complexity index is 662. The van der Waals surface area contributed by atoms with Crippen molar-refractivity contribution in [2.75, 3.05) is 0 Å². The average Bonchev–Trinajstić information content (AvgIpc) is 2.39. The van der Waals surface area contributed by atoms with Crippen LogP contribution in [0.15, 0.2) is 58.6 Å². The summed E-state index contributed by atoms with van der Waals surface area (Å²) in [5.41, 5.74) is 3.27. The summed E-state index contributed by atoms with van der Waals surface area (Å²) in [6.45, 7) is 12.8. The largest absolute Gasteiger partial charge is 0.288 e. The van der Waals surface area contributed by atoms with Crippen LogP contribution in [0.4, 0.5) is 5.69 Å². The van der Waals surface area contributed by atoms with E-state index in [1.165, 1.54) is 0 Å². The Kier molecular flexibility index (Phi) is 4.23. The van der Waals surface area contributed by atoms with Gasteiger partial charge in [0.05, 0.1) is 5.69 Å². The molecule has 1 aliphatic carbocycles. The second-order valence-corrected chi connectivity index (χ2v) is 7.82. The lowest BCUT2D eigenvalue weighted by Crippen LogP contribution is -2.29. The highest BCUT2D eigenvalue weighted by atomic mass is 16.1. The molecule has 0 spiro atoms. The van der Waals surface area contributed by atoms with Gasteiger partial charge in [0.2, 0.25) is 5.78 Å². The SMILES string of the molecule is CC(C)(C)C1=CC(=O)C(=Nc2ccccc2)C(C(C)(C)C)=C1. The highest BCUT2D eigenvalue weighted by molar-refractivity contribution is 6.51. The minimum absolute atomic E-state index is 0.00111. The number of benzene rings is 1. The first kappa shape index (κ1) is 16.4. The Balaban J connectivity index is 2.57. The Hall–Kier alpha value is -1.96. The predicted octanol–water partition coefficient (Wildman–Crippen LogP) is 5.29. The Morgan fingerprint density at radius 1 is 0.818 bits per heavy atom. The molecule has 2 heteroatoms. The van der Waals surface area contributed by atoms with Gasteiger partial charge < -0.3 is 0 Å². The van der Waals surface area contributed by atoms with Crippen molar-refractivity contribution in [3.05, 3.63) is 53.6 Å². The first-order valence-corrected chi connectivity index (χ1v) is 7.72. The van der Waals surface area contributed by atoms with Crippen LogP contribution >= 0.6 is 0 Å². The molecule has 0 amide bonds. The van der Waals surface area contributed by atoms with E-state index in [9.17, 15) is 4.79 Å². The fourth-order valence-electron chi connectivity index (χ4n) is 2.36. The molecular weight excluding hydrogens is 270 g/mol. The van der Waals surface area contributed by atoms with Crippen molar-refractivity contribution in [3.8, 4) is 0 Å². The van der Waals surface area contributed by atoms with Crippen LogP contribution in [-0.2, 0) is 4.79 Å². The highest BCUT2D eigenvalue weighted by Crippen LogP contribution is 2.37. The first-order valence-electron chi connectivity index (χ1n) is 7.72.